The molecule has 2 aliphatic rings. The van der Waals surface area contributed by atoms with Crippen LogP contribution in [0.2, 0.25) is 0 Å². The Labute approximate surface area is 99.2 Å². The second-order valence-corrected chi connectivity index (χ2v) is 5.60. The van der Waals surface area contributed by atoms with Crippen molar-refractivity contribution < 1.29 is 5.11 Å². The highest BCUT2D eigenvalue weighted by Gasteiger charge is 2.33. The Morgan fingerprint density at radius 2 is 2.19 bits per heavy atom. The van der Waals surface area contributed by atoms with Crippen LogP contribution in [0.3, 0.4) is 0 Å². The summed E-state index contributed by atoms with van der Waals surface area (Å²) in [7, 11) is 0. The lowest BCUT2D eigenvalue weighted by Crippen LogP contribution is -2.34. The van der Waals surface area contributed by atoms with Crippen LogP contribution >= 0.6 is 0 Å². The molecule has 0 amide bonds. The van der Waals surface area contributed by atoms with Gasteiger partial charge in [0.25, 0.3) is 0 Å². The molecular weight excluding hydrogens is 200 g/mol. The van der Waals surface area contributed by atoms with Crippen LogP contribution in [-0.2, 0) is 0 Å². The molecule has 1 saturated carbocycles. The van der Waals surface area contributed by atoms with Crippen LogP contribution in [0.4, 0.5) is 0 Å². The van der Waals surface area contributed by atoms with E-state index in [9.17, 15) is 0 Å². The molecule has 0 aromatic rings. The molecule has 2 atom stereocenters. The molecule has 16 heavy (non-hydrogen) atoms. The third-order valence-electron chi connectivity index (χ3n) is 3.90. The number of aliphatic hydroxyl groups is 1. The minimum atomic E-state index is 0.332. The van der Waals surface area contributed by atoms with Crippen molar-refractivity contribution in [2.45, 2.75) is 51.1 Å². The van der Waals surface area contributed by atoms with E-state index in [0.29, 0.717) is 12.5 Å². The maximum atomic E-state index is 8.92. The lowest BCUT2D eigenvalue weighted by molar-refractivity contribution is 0.227. The molecule has 2 N–H and O–H groups in total. The largest absolute Gasteiger partial charge is 0.396 e. The maximum absolute atomic E-state index is 8.92. The van der Waals surface area contributed by atoms with Crippen molar-refractivity contribution in [3.63, 3.8) is 0 Å². The van der Waals surface area contributed by atoms with Gasteiger partial charge in [-0.15, -0.1) is 0 Å². The van der Waals surface area contributed by atoms with E-state index >= 15 is 0 Å². The lowest BCUT2D eigenvalue weighted by atomic mass is 10.1. The summed E-state index contributed by atoms with van der Waals surface area (Å²) in [6.07, 6.45) is 6.53. The van der Waals surface area contributed by atoms with E-state index in [1.165, 1.54) is 38.8 Å². The van der Waals surface area contributed by atoms with Gasteiger partial charge in [-0.25, -0.2) is 0 Å². The molecule has 0 aromatic carbocycles. The molecular formula is C13H26N2O. The van der Waals surface area contributed by atoms with Crippen LogP contribution in [0.25, 0.3) is 0 Å². The quantitative estimate of drug-likeness (QED) is 0.641. The van der Waals surface area contributed by atoms with Gasteiger partial charge in [-0.05, 0) is 44.6 Å². The minimum absolute atomic E-state index is 0.332. The molecule has 1 aliphatic heterocycles. The van der Waals surface area contributed by atoms with Crippen molar-refractivity contribution in [2.75, 3.05) is 26.2 Å². The fourth-order valence-corrected chi connectivity index (χ4v) is 2.57. The first-order chi connectivity index (χ1) is 7.79. The Kier molecular flexibility index (Phi) is 4.62. The van der Waals surface area contributed by atoms with Crippen LogP contribution < -0.4 is 5.32 Å². The van der Waals surface area contributed by atoms with Crippen molar-refractivity contribution >= 4 is 0 Å². The molecule has 3 nitrogen and oxygen atoms in total. The number of aliphatic hydroxyl groups excluding tert-OH is 1. The van der Waals surface area contributed by atoms with E-state index in [-0.39, 0.29) is 0 Å². The Morgan fingerprint density at radius 3 is 2.88 bits per heavy atom. The maximum Gasteiger partial charge on any atom is 0.0456 e. The zero-order valence-corrected chi connectivity index (χ0v) is 10.5. The Balaban J connectivity index is 1.50. The molecule has 1 saturated heterocycles. The molecule has 1 heterocycles. The van der Waals surface area contributed by atoms with Gasteiger partial charge < -0.3 is 10.4 Å². The SMILES string of the molecule is CC(CO)CCCNC1CCN(C2CC2)C1. The standard InChI is InChI=1S/C13H26N2O/c1-11(10-16)3-2-7-14-12-6-8-15(9-12)13-4-5-13/h11-14,16H,2-10H2,1H3. The molecule has 0 aromatic heterocycles. The van der Waals surface area contributed by atoms with Crippen LogP contribution in [-0.4, -0.2) is 48.3 Å². The molecule has 0 spiro atoms. The fourth-order valence-electron chi connectivity index (χ4n) is 2.57. The third kappa shape index (κ3) is 3.72. The molecule has 3 heteroatoms. The smallest absolute Gasteiger partial charge is 0.0456 e. The number of hydrogen-bond acceptors (Lipinski definition) is 3. The zero-order chi connectivity index (χ0) is 11.4. The van der Waals surface area contributed by atoms with Crippen molar-refractivity contribution in [1.29, 1.82) is 0 Å². The first-order valence-corrected chi connectivity index (χ1v) is 6.88. The zero-order valence-electron chi connectivity index (χ0n) is 10.5. The van der Waals surface area contributed by atoms with E-state index in [4.69, 9.17) is 5.11 Å². The van der Waals surface area contributed by atoms with Crippen molar-refractivity contribution in [3.05, 3.63) is 0 Å². The van der Waals surface area contributed by atoms with Gasteiger partial charge in [-0.3, -0.25) is 4.90 Å². The van der Waals surface area contributed by atoms with E-state index in [0.717, 1.165) is 25.0 Å². The normalized spacial score (nSPS) is 28.5. The Bertz CT molecular complexity index is 206. The van der Waals surface area contributed by atoms with Gasteiger partial charge in [0.05, 0.1) is 0 Å². The summed E-state index contributed by atoms with van der Waals surface area (Å²) in [5, 5.41) is 12.6. The summed E-state index contributed by atoms with van der Waals surface area (Å²) < 4.78 is 0. The molecule has 0 radical (unpaired) electrons. The molecule has 2 unspecified atom stereocenters. The van der Waals surface area contributed by atoms with Gasteiger partial charge in [0, 0.05) is 31.8 Å². The lowest BCUT2D eigenvalue weighted by Gasteiger charge is -2.16. The van der Waals surface area contributed by atoms with Crippen molar-refractivity contribution in [1.82, 2.24) is 10.2 Å². The van der Waals surface area contributed by atoms with Crippen LogP contribution in [0, 0.1) is 5.92 Å². The summed E-state index contributed by atoms with van der Waals surface area (Å²) in [4.78, 5) is 2.65. The van der Waals surface area contributed by atoms with E-state index in [2.05, 4.69) is 17.1 Å². The van der Waals surface area contributed by atoms with Gasteiger partial charge in [0.1, 0.15) is 0 Å². The highest BCUT2D eigenvalue weighted by atomic mass is 16.3. The van der Waals surface area contributed by atoms with Gasteiger partial charge in [0.2, 0.25) is 0 Å². The number of likely N-dealkylation sites (tertiary alicyclic amines) is 1. The summed E-state index contributed by atoms with van der Waals surface area (Å²) >= 11 is 0. The van der Waals surface area contributed by atoms with Crippen molar-refractivity contribution in [3.8, 4) is 0 Å². The first kappa shape index (κ1) is 12.3. The van der Waals surface area contributed by atoms with Gasteiger partial charge in [0.15, 0.2) is 0 Å². The number of nitrogens with one attached hydrogen (secondary N) is 1. The average Bonchev–Trinajstić information content (AvgIpc) is 3.05. The molecule has 1 aliphatic carbocycles. The Hall–Kier alpha value is -0.120. The summed E-state index contributed by atoms with van der Waals surface area (Å²) in [5.74, 6) is 0.466. The van der Waals surface area contributed by atoms with E-state index in [1.54, 1.807) is 0 Å². The summed E-state index contributed by atoms with van der Waals surface area (Å²) in [6, 6.07) is 1.66. The third-order valence-corrected chi connectivity index (χ3v) is 3.90. The fraction of sp³-hybridized carbons (Fsp3) is 1.00. The highest BCUT2D eigenvalue weighted by Crippen LogP contribution is 2.29. The predicted octanol–water partition coefficient (Wildman–Crippen LogP) is 1.22. The topological polar surface area (TPSA) is 35.5 Å². The van der Waals surface area contributed by atoms with Crippen LogP contribution in [0.5, 0.6) is 0 Å². The van der Waals surface area contributed by atoms with Crippen LogP contribution in [0.15, 0.2) is 0 Å². The van der Waals surface area contributed by atoms with Crippen molar-refractivity contribution in [2.24, 2.45) is 5.92 Å². The van der Waals surface area contributed by atoms with Gasteiger partial charge >= 0.3 is 0 Å². The predicted molar refractivity (Wildman–Crippen MR) is 66.5 cm³/mol. The molecule has 2 fully saturated rings. The highest BCUT2D eigenvalue weighted by molar-refractivity contribution is 4.91. The second kappa shape index (κ2) is 5.99. The van der Waals surface area contributed by atoms with Crippen LogP contribution in [0.1, 0.15) is 39.0 Å². The minimum Gasteiger partial charge on any atom is -0.396 e. The van der Waals surface area contributed by atoms with Gasteiger partial charge in [-0.1, -0.05) is 6.92 Å². The molecule has 0 bridgehead atoms. The molecule has 94 valence electrons. The monoisotopic (exact) mass is 226 g/mol. The van der Waals surface area contributed by atoms with E-state index in [1.807, 2.05) is 0 Å². The Morgan fingerprint density at radius 1 is 1.38 bits per heavy atom. The second-order valence-electron chi connectivity index (χ2n) is 5.60. The number of rotatable bonds is 7. The summed E-state index contributed by atoms with van der Waals surface area (Å²) in [6.45, 7) is 6.13. The first-order valence-electron chi connectivity index (χ1n) is 6.88. The summed E-state index contributed by atoms with van der Waals surface area (Å²) in [5.41, 5.74) is 0. The number of nitrogens with zero attached hydrogens (tertiary/aromatic N) is 1. The molecule has 2 rings (SSSR count). The van der Waals surface area contributed by atoms with E-state index < -0.39 is 0 Å². The number of hydrogen-bond donors (Lipinski definition) is 2. The average molecular weight is 226 g/mol. The van der Waals surface area contributed by atoms with Gasteiger partial charge in [-0.2, -0.15) is 0 Å².